The van der Waals surface area contributed by atoms with Gasteiger partial charge in [0, 0.05) is 22.7 Å². The molecular weight excluding hydrogens is 450 g/mol. The van der Waals surface area contributed by atoms with Crippen LogP contribution in [0.5, 0.6) is 0 Å². The van der Waals surface area contributed by atoms with Gasteiger partial charge in [-0.05, 0) is 55.7 Å². The molecule has 4 saturated heterocycles. The first kappa shape index (κ1) is 20.9. The van der Waals surface area contributed by atoms with Gasteiger partial charge in [-0.2, -0.15) is 5.26 Å². The molecule has 0 amide bonds. The van der Waals surface area contributed by atoms with E-state index < -0.39 is 30.1 Å². The topological polar surface area (TPSA) is 69.9 Å². The van der Waals surface area contributed by atoms with Gasteiger partial charge < -0.3 is 14.2 Å². The Bertz CT molecular complexity index is 843. The molecule has 4 heterocycles. The average molecular weight is 478 g/mol. The molecule has 1 spiro atoms. The molecule has 5 aliphatic rings. The zero-order valence-corrected chi connectivity index (χ0v) is 19.1. The molecule has 6 rings (SSSR count). The van der Waals surface area contributed by atoms with Crippen LogP contribution in [0.3, 0.4) is 0 Å². The van der Waals surface area contributed by atoms with E-state index in [1.165, 1.54) is 0 Å². The van der Waals surface area contributed by atoms with E-state index in [0.717, 1.165) is 35.7 Å². The van der Waals surface area contributed by atoms with Gasteiger partial charge in [-0.15, -0.1) is 0 Å². The lowest BCUT2D eigenvalue weighted by Crippen LogP contribution is -2.70. The molecule has 0 radical (unpaired) electrons. The molecule has 1 aromatic rings. The lowest BCUT2D eigenvalue weighted by atomic mass is 9.58. The lowest BCUT2D eigenvalue weighted by Gasteiger charge is -2.60. The van der Waals surface area contributed by atoms with E-state index in [2.05, 4.69) is 35.8 Å². The van der Waals surface area contributed by atoms with Gasteiger partial charge in [0.2, 0.25) is 5.79 Å². The van der Waals surface area contributed by atoms with Gasteiger partial charge in [-0.1, -0.05) is 41.9 Å². The first-order chi connectivity index (χ1) is 14.4. The summed E-state index contributed by atoms with van der Waals surface area (Å²) < 4.78 is 20.0. The molecule has 0 aromatic heterocycles. The number of fused-ring (bicyclic) bond motifs is 2. The van der Waals surface area contributed by atoms with E-state index in [9.17, 15) is 5.26 Å². The van der Waals surface area contributed by atoms with Gasteiger partial charge in [0.1, 0.15) is 0 Å². The Labute approximate surface area is 185 Å². The van der Waals surface area contributed by atoms with Gasteiger partial charge in [0.05, 0.1) is 6.07 Å². The van der Waals surface area contributed by atoms with Gasteiger partial charge in [0.15, 0.2) is 24.3 Å². The van der Waals surface area contributed by atoms with Crippen LogP contribution in [-0.4, -0.2) is 24.0 Å². The van der Waals surface area contributed by atoms with Gasteiger partial charge in [0.25, 0.3) is 0 Å². The smallest absolute Gasteiger partial charge is 0.201 e. The van der Waals surface area contributed by atoms with Crippen LogP contribution in [0, 0.1) is 35.0 Å². The van der Waals surface area contributed by atoms with Crippen LogP contribution in [-0.2, 0) is 24.0 Å². The van der Waals surface area contributed by atoms with Crippen LogP contribution < -0.4 is 0 Å². The van der Waals surface area contributed by atoms with Crippen molar-refractivity contribution in [1.29, 1.82) is 5.26 Å². The minimum atomic E-state index is -0.816. The molecule has 1 aromatic carbocycles. The first-order valence-electron chi connectivity index (χ1n) is 10.9. The fraction of sp³-hybridized carbons (Fsp3) is 0.696. The second-order valence-corrected chi connectivity index (χ2v) is 10.4. The Morgan fingerprint density at radius 2 is 1.90 bits per heavy atom. The number of ether oxygens (including phenoxy) is 3. The van der Waals surface area contributed by atoms with Crippen molar-refractivity contribution in [2.24, 2.45) is 23.7 Å². The van der Waals surface area contributed by atoms with Crippen LogP contribution in [0.15, 0.2) is 28.7 Å². The van der Waals surface area contributed by atoms with Crippen molar-refractivity contribution in [3.63, 3.8) is 0 Å². The second kappa shape index (κ2) is 7.54. The van der Waals surface area contributed by atoms with Crippen molar-refractivity contribution in [2.45, 2.75) is 76.5 Å². The van der Waals surface area contributed by atoms with Crippen LogP contribution in [0.2, 0.25) is 0 Å². The Morgan fingerprint density at radius 3 is 2.63 bits per heavy atom. The highest BCUT2D eigenvalue weighted by atomic mass is 79.9. The van der Waals surface area contributed by atoms with E-state index in [1.807, 2.05) is 31.2 Å². The summed E-state index contributed by atoms with van der Waals surface area (Å²) in [6, 6.07) is 9.90. The molecule has 0 N–H and O–H groups in total. The third kappa shape index (κ3) is 3.16. The molecule has 7 heteroatoms. The molecule has 6 nitrogen and oxygen atoms in total. The van der Waals surface area contributed by atoms with Gasteiger partial charge in [-0.3, -0.25) is 0 Å². The molecule has 162 valence electrons. The molecule has 0 unspecified atom stereocenters. The molecule has 4 aliphatic heterocycles. The third-order valence-electron chi connectivity index (χ3n) is 7.66. The van der Waals surface area contributed by atoms with Crippen LogP contribution in [0.25, 0.3) is 0 Å². The van der Waals surface area contributed by atoms with Crippen molar-refractivity contribution >= 4 is 15.9 Å². The summed E-state index contributed by atoms with van der Waals surface area (Å²) in [5.74, 6) is 0.223. The maximum atomic E-state index is 9.78. The van der Waals surface area contributed by atoms with E-state index >= 15 is 0 Å². The normalized spacial score (nSPS) is 45.8. The summed E-state index contributed by atoms with van der Waals surface area (Å²) >= 11 is 3.44. The number of nitrogens with zero attached hydrogens (tertiary/aromatic N) is 1. The van der Waals surface area contributed by atoms with Gasteiger partial charge >= 0.3 is 0 Å². The van der Waals surface area contributed by atoms with Crippen LogP contribution >= 0.6 is 15.9 Å². The molecule has 1 aliphatic carbocycles. The molecule has 9 atom stereocenters. The lowest BCUT2D eigenvalue weighted by molar-refractivity contribution is -0.578. The van der Waals surface area contributed by atoms with Crippen molar-refractivity contribution in [3.8, 4) is 6.07 Å². The predicted molar refractivity (Wildman–Crippen MR) is 110 cm³/mol. The van der Waals surface area contributed by atoms with Crippen LogP contribution in [0.1, 0.15) is 58.1 Å². The average Bonchev–Trinajstić information content (AvgIpc) is 2.96. The van der Waals surface area contributed by atoms with E-state index in [1.54, 1.807) is 0 Å². The number of benzene rings is 1. The fourth-order valence-corrected chi connectivity index (χ4v) is 6.25. The molecule has 1 saturated carbocycles. The number of rotatable bonds is 3. The van der Waals surface area contributed by atoms with Crippen molar-refractivity contribution in [2.75, 3.05) is 0 Å². The molecule has 2 bridgehead atoms. The highest BCUT2D eigenvalue weighted by molar-refractivity contribution is 9.10. The summed E-state index contributed by atoms with van der Waals surface area (Å²) in [4.78, 5) is 12.0. The minimum absolute atomic E-state index is 0.0391. The number of nitriles is 1. The van der Waals surface area contributed by atoms with Crippen molar-refractivity contribution in [1.82, 2.24) is 0 Å². The van der Waals surface area contributed by atoms with E-state index in [0.29, 0.717) is 11.8 Å². The van der Waals surface area contributed by atoms with E-state index in [-0.39, 0.29) is 11.8 Å². The quantitative estimate of drug-likeness (QED) is 0.554. The monoisotopic (exact) mass is 477 g/mol. The number of hydrogen-bond donors (Lipinski definition) is 0. The standard InChI is InChI=1S/C23H28BrNO5/c1-13-4-9-18-14(2)20(26-19(12-25)15-5-7-16(24)8-6-15)27-21-23(18)17(13)10-11-22(3,28-21)29-30-23/h5-8,13-14,17-21H,4,9-11H2,1-3H3/t13-,14-,17+,18+,19-,20+,21+,22-,23-/m1/s1. The van der Waals surface area contributed by atoms with Crippen LogP contribution in [0.4, 0.5) is 0 Å². The molecular formula is C23H28BrNO5. The minimum Gasteiger partial charge on any atom is -0.329 e. The van der Waals surface area contributed by atoms with Gasteiger partial charge in [-0.25, -0.2) is 9.78 Å². The Hall–Kier alpha value is -1.01. The van der Waals surface area contributed by atoms with Crippen molar-refractivity contribution in [3.05, 3.63) is 34.3 Å². The predicted octanol–water partition coefficient (Wildman–Crippen LogP) is 5.24. The number of halogens is 1. The SMILES string of the molecule is C[C@H]1[C@@H](O[C@H](C#N)c2ccc(Br)cc2)O[C@H]2O[C@@]3(C)CC[C@H]4[C@H](C)CC[C@@H]1[C@@]24OO3. The maximum absolute atomic E-state index is 9.78. The Morgan fingerprint density at radius 1 is 1.13 bits per heavy atom. The molecule has 30 heavy (non-hydrogen) atoms. The largest absolute Gasteiger partial charge is 0.329 e. The zero-order valence-electron chi connectivity index (χ0n) is 17.5. The van der Waals surface area contributed by atoms with E-state index in [4.69, 9.17) is 24.0 Å². The summed E-state index contributed by atoms with van der Waals surface area (Å²) in [5.41, 5.74) is 0.189. The summed E-state index contributed by atoms with van der Waals surface area (Å²) in [6.07, 6.45) is 2.06. The summed E-state index contributed by atoms with van der Waals surface area (Å²) in [5, 5.41) is 9.78. The zero-order chi connectivity index (χ0) is 21.1. The summed E-state index contributed by atoms with van der Waals surface area (Å²) in [6.45, 7) is 6.34. The second-order valence-electron chi connectivity index (χ2n) is 9.47. The Balaban J connectivity index is 1.45. The fourth-order valence-electron chi connectivity index (χ4n) is 5.98. The van der Waals surface area contributed by atoms with Crippen molar-refractivity contribution < 1.29 is 24.0 Å². The first-order valence-corrected chi connectivity index (χ1v) is 11.7. The Kier molecular flexibility index (Phi) is 5.25. The highest BCUT2D eigenvalue weighted by Gasteiger charge is 2.69. The highest BCUT2D eigenvalue weighted by Crippen LogP contribution is 2.60. The third-order valence-corrected chi connectivity index (χ3v) is 8.19. The maximum Gasteiger partial charge on any atom is 0.201 e. The number of hydrogen-bond acceptors (Lipinski definition) is 6. The molecule has 5 fully saturated rings. The summed E-state index contributed by atoms with van der Waals surface area (Å²) in [7, 11) is 0.